The molecule has 0 aromatic rings. The molecule has 0 bridgehead atoms. The molecule has 0 saturated heterocycles. The number of carbonyl (C=O) groups is 2. The van der Waals surface area contributed by atoms with E-state index in [1.165, 1.54) is 0 Å². The van der Waals surface area contributed by atoms with Gasteiger partial charge in [0.15, 0.2) is 11.6 Å². The second-order valence-corrected chi connectivity index (χ2v) is 4.62. The normalized spacial score (nSPS) is 17.7. The molecule has 0 unspecified atom stereocenters. The van der Waals surface area contributed by atoms with E-state index >= 15 is 0 Å². The maximum atomic E-state index is 10.5. The number of aliphatic hydroxyl groups is 10. The van der Waals surface area contributed by atoms with E-state index < -0.39 is 74.6 Å². The van der Waals surface area contributed by atoms with Crippen molar-refractivity contribution in [1.29, 1.82) is 0 Å². The van der Waals surface area contributed by atoms with E-state index in [4.69, 9.17) is 51.1 Å². The molecule has 0 spiro atoms. The molecule has 13 heteroatoms. The number of carbonyl (C=O) groups excluding carboxylic acids is 2. The molecule has 0 fully saturated rings. The summed E-state index contributed by atoms with van der Waals surface area (Å²) in [5.41, 5.74) is 0. The Balaban J connectivity index is -0.000000372. The van der Waals surface area contributed by atoms with Crippen LogP contribution in [-0.2, 0) is 26.7 Å². The van der Waals surface area contributed by atoms with Crippen molar-refractivity contribution in [3.8, 4) is 0 Å². The Morgan fingerprint density at radius 2 is 0.840 bits per heavy atom. The van der Waals surface area contributed by atoms with Crippen LogP contribution in [-0.4, -0.2) is 126 Å². The summed E-state index contributed by atoms with van der Waals surface area (Å²) in [6.45, 7) is -3.37. The van der Waals surface area contributed by atoms with Gasteiger partial charge in [-0.15, -0.1) is 0 Å². The van der Waals surface area contributed by atoms with E-state index in [1.807, 2.05) is 0 Å². The summed E-state index contributed by atoms with van der Waals surface area (Å²) in [5.74, 6) is -2.01. The fourth-order valence-electron chi connectivity index (χ4n) is 1.20. The summed E-state index contributed by atoms with van der Waals surface area (Å²) in [7, 11) is 0. The van der Waals surface area contributed by atoms with Gasteiger partial charge in [0.1, 0.15) is 49.8 Å². The van der Waals surface area contributed by atoms with Crippen molar-refractivity contribution < 1.29 is 77.7 Å². The van der Waals surface area contributed by atoms with Crippen LogP contribution in [0.1, 0.15) is 0 Å². The Bertz CT molecular complexity index is 334. The molecule has 0 heterocycles. The second kappa shape index (κ2) is 15.7. The van der Waals surface area contributed by atoms with Crippen LogP contribution in [0.15, 0.2) is 0 Å². The van der Waals surface area contributed by atoms with Gasteiger partial charge < -0.3 is 51.1 Å². The van der Waals surface area contributed by atoms with Crippen LogP contribution in [0.3, 0.4) is 0 Å². The van der Waals surface area contributed by atoms with Crippen molar-refractivity contribution in [3.63, 3.8) is 0 Å². The smallest absolute Gasteiger partial charge is 0.394 e. The molecule has 6 atom stereocenters. The zero-order chi connectivity index (χ0) is 19.4. The summed E-state index contributed by atoms with van der Waals surface area (Å²) < 4.78 is 0. The Morgan fingerprint density at radius 3 is 1.00 bits per heavy atom. The largest absolute Gasteiger partial charge is 3.00 e. The summed E-state index contributed by atoms with van der Waals surface area (Å²) in [5, 5.41) is 86.1. The number of hydrogen-bond acceptors (Lipinski definition) is 12. The molecule has 0 saturated carbocycles. The molecule has 0 amide bonds. The van der Waals surface area contributed by atoms with Gasteiger partial charge in [0, 0.05) is 0 Å². The minimum absolute atomic E-state index is 0. The van der Waals surface area contributed by atoms with Gasteiger partial charge >= 0.3 is 17.1 Å². The average molecular weight is 416 g/mol. The number of hydrogen-bond donors (Lipinski definition) is 10. The Kier molecular flexibility index (Phi) is 18.4. The summed E-state index contributed by atoms with van der Waals surface area (Å²) in [4.78, 5) is 21.0. The molecule has 0 aliphatic carbocycles. The van der Waals surface area contributed by atoms with Crippen LogP contribution < -0.4 is 0 Å². The van der Waals surface area contributed by atoms with Crippen LogP contribution in [0.2, 0.25) is 0 Å². The van der Waals surface area contributed by atoms with Crippen LogP contribution in [0, 0.1) is 0 Å². The van der Waals surface area contributed by atoms with Gasteiger partial charge in [0.2, 0.25) is 0 Å². The molecule has 10 N–H and O–H groups in total. The maximum absolute atomic E-state index is 10.5. The fraction of sp³-hybridized carbons (Fsp3) is 0.833. The van der Waals surface area contributed by atoms with E-state index in [1.54, 1.807) is 0 Å². The molecule has 12 nitrogen and oxygen atoms in total. The third-order valence-electron chi connectivity index (χ3n) is 2.78. The van der Waals surface area contributed by atoms with Gasteiger partial charge in [0.25, 0.3) is 0 Å². The molecule has 149 valence electrons. The number of Topliss-reactive ketones (excluding diaryl/α,β-unsaturated/α-hetero) is 2. The van der Waals surface area contributed by atoms with Gasteiger partial charge in [-0.2, -0.15) is 0 Å². The average Bonchev–Trinajstić information content (AvgIpc) is 2.62. The molecular formula is C12H24FeO12+3. The monoisotopic (exact) mass is 416 g/mol. The van der Waals surface area contributed by atoms with Crippen molar-refractivity contribution >= 4 is 11.6 Å². The molecular weight excluding hydrogens is 392 g/mol. The van der Waals surface area contributed by atoms with Gasteiger partial charge in [-0.3, -0.25) is 9.59 Å². The quantitative estimate of drug-likeness (QED) is 0.150. The van der Waals surface area contributed by atoms with E-state index in [0.29, 0.717) is 0 Å². The first kappa shape index (κ1) is 29.2. The van der Waals surface area contributed by atoms with E-state index in [9.17, 15) is 9.59 Å². The molecule has 25 heavy (non-hydrogen) atoms. The Morgan fingerprint density at radius 1 is 0.600 bits per heavy atom. The van der Waals surface area contributed by atoms with Gasteiger partial charge in [-0.1, -0.05) is 0 Å². The second-order valence-electron chi connectivity index (χ2n) is 4.62. The van der Waals surface area contributed by atoms with Crippen molar-refractivity contribution in [1.82, 2.24) is 0 Å². The van der Waals surface area contributed by atoms with Crippen molar-refractivity contribution in [2.75, 3.05) is 26.4 Å². The number of rotatable bonds is 10. The van der Waals surface area contributed by atoms with Crippen LogP contribution >= 0.6 is 0 Å². The van der Waals surface area contributed by atoms with Gasteiger partial charge in [-0.25, -0.2) is 0 Å². The van der Waals surface area contributed by atoms with E-state index in [2.05, 4.69) is 0 Å². The van der Waals surface area contributed by atoms with Crippen molar-refractivity contribution in [2.45, 2.75) is 36.6 Å². The van der Waals surface area contributed by atoms with Crippen molar-refractivity contribution in [3.05, 3.63) is 0 Å². The van der Waals surface area contributed by atoms with E-state index in [0.717, 1.165) is 0 Å². The third-order valence-corrected chi connectivity index (χ3v) is 2.78. The predicted octanol–water partition coefficient (Wildman–Crippen LogP) is -6.76. The molecule has 0 rings (SSSR count). The summed E-state index contributed by atoms with van der Waals surface area (Å²) >= 11 is 0. The standard InChI is InChI=1S/2C6H12O6.Fe/c2*7-1-3(9)5(11)6(12)4(10)2-8;/h2*3,5-9,11-12H,1-2H2;/q;;+3/t2*3-,5-,6-;/m11./s1. The number of ketones is 2. The van der Waals surface area contributed by atoms with Crippen LogP contribution in [0.4, 0.5) is 0 Å². The summed E-state index contributed by atoms with van der Waals surface area (Å²) in [6, 6.07) is 0. The van der Waals surface area contributed by atoms with Gasteiger partial charge in [0.05, 0.1) is 13.2 Å². The van der Waals surface area contributed by atoms with Crippen molar-refractivity contribution in [2.24, 2.45) is 0 Å². The zero-order valence-corrected chi connectivity index (χ0v) is 14.0. The topological polar surface area (TPSA) is 236 Å². The molecule has 0 aliphatic rings. The first-order valence-corrected chi connectivity index (χ1v) is 6.66. The molecule has 1 radical (unpaired) electrons. The first-order chi connectivity index (χ1) is 11.1. The zero-order valence-electron chi connectivity index (χ0n) is 12.9. The first-order valence-electron chi connectivity index (χ1n) is 6.66. The van der Waals surface area contributed by atoms with Crippen LogP contribution in [0.25, 0.3) is 0 Å². The maximum Gasteiger partial charge on any atom is 3.00 e. The van der Waals surface area contributed by atoms with E-state index in [-0.39, 0.29) is 17.1 Å². The van der Waals surface area contributed by atoms with Crippen LogP contribution in [0.5, 0.6) is 0 Å². The van der Waals surface area contributed by atoms with Gasteiger partial charge in [-0.05, 0) is 0 Å². The third kappa shape index (κ3) is 10.9. The number of aliphatic hydroxyl groups excluding tert-OH is 10. The molecule has 0 aromatic heterocycles. The minimum Gasteiger partial charge on any atom is -0.394 e. The minimum atomic E-state index is -1.86. The SMILES string of the molecule is O=C(CO)[C@@H](O)[C@H](O)[C@H](O)CO.O=C(CO)[C@@H](O)[C@H](O)[C@H](O)CO.[Fe+3]. The fourth-order valence-corrected chi connectivity index (χ4v) is 1.20. The Labute approximate surface area is 153 Å². The Hall–Kier alpha value is -0.541. The molecule has 0 aromatic carbocycles. The summed E-state index contributed by atoms with van der Waals surface area (Å²) in [6.07, 6.45) is -10.4. The predicted molar refractivity (Wildman–Crippen MR) is 74.4 cm³/mol. The molecule has 0 aliphatic heterocycles.